The van der Waals surface area contributed by atoms with Crippen molar-refractivity contribution in [3.8, 4) is 11.5 Å². The maximum atomic E-state index is 12.2. The summed E-state index contributed by atoms with van der Waals surface area (Å²) in [6.45, 7) is 2.07. The second-order valence-corrected chi connectivity index (χ2v) is 6.50. The highest BCUT2D eigenvalue weighted by Gasteiger charge is 2.55. The summed E-state index contributed by atoms with van der Waals surface area (Å²) in [6.07, 6.45) is 3.35. The van der Waals surface area contributed by atoms with Crippen LogP contribution in [0.3, 0.4) is 0 Å². The Kier molecular flexibility index (Phi) is 3.45. The SMILES string of the molecule is O=C(CC1COc2ccccc2O1)NC1CC12CCOCC2. The van der Waals surface area contributed by atoms with Crippen LogP contribution in [0.1, 0.15) is 25.7 Å². The summed E-state index contributed by atoms with van der Waals surface area (Å²) in [5, 5.41) is 3.16. The predicted octanol–water partition coefficient (Wildman–Crippen LogP) is 1.90. The van der Waals surface area contributed by atoms with Crippen molar-refractivity contribution < 1.29 is 19.0 Å². The van der Waals surface area contributed by atoms with E-state index in [1.54, 1.807) is 0 Å². The van der Waals surface area contributed by atoms with Gasteiger partial charge in [-0.1, -0.05) is 12.1 Å². The van der Waals surface area contributed by atoms with Crippen LogP contribution in [0.2, 0.25) is 0 Å². The summed E-state index contributed by atoms with van der Waals surface area (Å²) in [7, 11) is 0. The minimum absolute atomic E-state index is 0.0568. The van der Waals surface area contributed by atoms with Gasteiger partial charge in [-0.2, -0.15) is 0 Å². The Labute approximate surface area is 129 Å². The number of hydrogen-bond acceptors (Lipinski definition) is 4. The number of ether oxygens (including phenoxy) is 3. The third-order valence-electron chi connectivity index (χ3n) is 4.99. The van der Waals surface area contributed by atoms with Gasteiger partial charge >= 0.3 is 0 Å². The third kappa shape index (κ3) is 2.65. The molecule has 1 aliphatic carbocycles. The van der Waals surface area contributed by atoms with E-state index >= 15 is 0 Å². The molecule has 1 saturated heterocycles. The lowest BCUT2D eigenvalue weighted by Gasteiger charge is -2.26. The van der Waals surface area contributed by atoms with Gasteiger partial charge in [-0.15, -0.1) is 0 Å². The van der Waals surface area contributed by atoms with Crippen molar-refractivity contribution in [2.45, 2.75) is 37.8 Å². The zero-order valence-electron chi connectivity index (χ0n) is 12.5. The average Bonchev–Trinajstić information content (AvgIpc) is 3.18. The van der Waals surface area contributed by atoms with Crippen molar-refractivity contribution in [2.24, 2.45) is 5.41 Å². The molecule has 3 aliphatic rings. The summed E-state index contributed by atoms with van der Waals surface area (Å²) >= 11 is 0. The van der Waals surface area contributed by atoms with Crippen LogP contribution in [0.25, 0.3) is 0 Å². The van der Waals surface area contributed by atoms with E-state index in [-0.39, 0.29) is 12.0 Å². The molecule has 2 aliphatic heterocycles. The zero-order chi connectivity index (χ0) is 15.0. The number of para-hydroxylation sites is 2. The number of amides is 1. The van der Waals surface area contributed by atoms with Gasteiger partial charge in [0.05, 0.1) is 6.42 Å². The van der Waals surface area contributed by atoms with E-state index in [0.29, 0.717) is 24.5 Å². The van der Waals surface area contributed by atoms with Crippen LogP contribution in [0.15, 0.2) is 24.3 Å². The van der Waals surface area contributed by atoms with E-state index in [2.05, 4.69) is 5.32 Å². The summed E-state index contributed by atoms with van der Waals surface area (Å²) in [4.78, 5) is 12.2. The molecule has 118 valence electrons. The van der Waals surface area contributed by atoms with Crippen molar-refractivity contribution in [3.63, 3.8) is 0 Å². The number of carbonyl (C=O) groups excluding carboxylic acids is 1. The summed E-state index contributed by atoms with van der Waals surface area (Å²) in [5.41, 5.74) is 0.310. The highest BCUT2D eigenvalue weighted by molar-refractivity contribution is 5.77. The van der Waals surface area contributed by atoms with Crippen LogP contribution in [-0.2, 0) is 9.53 Å². The largest absolute Gasteiger partial charge is 0.486 e. The molecular formula is C17H21NO4. The molecule has 2 fully saturated rings. The third-order valence-corrected chi connectivity index (χ3v) is 4.99. The Bertz CT molecular complexity index is 568. The standard InChI is InChI=1S/C17H21NO4/c19-16(18-15-10-17(15)5-7-20-8-6-17)9-12-11-21-13-3-1-2-4-14(13)22-12/h1-4,12,15H,5-11H2,(H,18,19). The van der Waals surface area contributed by atoms with Gasteiger partial charge in [0.25, 0.3) is 0 Å². The highest BCUT2D eigenvalue weighted by Crippen LogP contribution is 2.53. The smallest absolute Gasteiger partial charge is 0.224 e. The number of nitrogens with one attached hydrogen (secondary N) is 1. The number of fused-ring (bicyclic) bond motifs is 1. The molecule has 22 heavy (non-hydrogen) atoms. The molecule has 0 bridgehead atoms. The first kappa shape index (κ1) is 13.9. The number of rotatable bonds is 3. The fourth-order valence-electron chi connectivity index (χ4n) is 3.51. The maximum Gasteiger partial charge on any atom is 0.224 e. The Balaban J connectivity index is 1.29. The summed E-state index contributed by atoms with van der Waals surface area (Å²) in [6, 6.07) is 7.89. The molecule has 1 aromatic carbocycles. The molecule has 1 saturated carbocycles. The molecule has 2 atom stereocenters. The van der Waals surface area contributed by atoms with Crippen molar-refractivity contribution in [1.82, 2.24) is 5.32 Å². The topological polar surface area (TPSA) is 56.8 Å². The quantitative estimate of drug-likeness (QED) is 0.926. The fourth-order valence-corrected chi connectivity index (χ4v) is 3.51. The van der Waals surface area contributed by atoms with Gasteiger partial charge in [0.15, 0.2) is 11.5 Å². The molecule has 0 aromatic heterocycles. The number of benzene rings is 1. The van der Waals surface area contributed by atoms with Crippen molar-refractivity contribution in [3.05, 3.63) is 24.3 Å². The number of hydrogen-bond donors (Lipinski definition) is 1. The molecule has 1 spiro atoms. The maximum absolute atomic E-state index is 12.2. The van der Waals surface area contributed by atoms with E-state index in [1.807, 2.05) is 24.3 Å². The fraction of sp³-hybridized carbons (Fsp3) is 0.588. The van der Waals surface area contributed by atoms with Crippen molar-refractivity contribution in [1.29, 1.82) is 0 Å². The molecule has 1 aromatic rings. The lowest BCUT2D eigenvalue weighted by molar-refractivity contribution is -0.123. The minimum Gasteiger partial charge on any atom is -0.486 e. The Morgan fingerprint density at radius 3 is 2.82 bits per heavy atom. The molecule has 2 heterocycles. The van der Waals surface area contributed by atoms with Crippen LogP contribution in [-0.4, -0.2) is 37.9 Å². The normalized spacial score (nSPS) is 28.2. The second kappa shape index (κ2) is 5.47. The molecule has 1 N–H and O–H groups in total. The van der Waals surface area contributed by atoms with E-state index in [0.717, 1.165) is 44.0 Å². The van der Waals surface area contributed by atoms with E-state index in [4.69, 9.17) is 14.2 Å². The van der Waals surface area contributed by atoms with Gasteiger partial charge in [0, 0.05) is 19.3 Å². The molecule has 1 amide bonds. The van der Waals surface area contributed by atoms with Crippen LogP contribution in [0.4, 0.5) is 0 Å². The van der Waals surface area contributed by atoms with Gasteiger partial charge in [-0.05, 0) is 36.8 Å². The van der Waals surface area contributed by atoms with E-state index < -0.39 is 0 Å². The van der Waals surface area contributed by atoms with Gasteiger partial charge in [0.2, 0.25) is 5.91 Å². The highest BCUT2D eigenvalue weighted by atomic mass is 16.6. The van der Waals surface area contributed by atoms with Crippen LogP contribution in [0, 0.1) is 5.41 Å². The summed E-state index contributed by atoms with van der Waals surface area (Å²) < 4.78 is 16.9. The minimum atomic E-state index is -0.209. The van der Waals surface area contributed by atoms with Gasteiger partial charge in [-0.25, -0.2) is 0 Å². The van der Waals surface area contributed by atoms with Gasteiger partial charge in [0.1, 0.15) is 12.7 Å². The summed E-state index contributed by atoms with van der Waals surface area (Å²) in [5.74, 6) is 1.53. The van der Waals surface area contributed by atoms with Crippen LogP contribution < -0.4 is 14.8 Å². The van der Waals surface area contributed by atoms with Gasteiger partial charge in [-0.3, -0.25) is 4.79 Å². The monoisotopic (exact) mass is 303 g/mol. The van der Waals surface area contributed by atoms with E-state index in [1.165, 1.54) is 0 Å². The first-order valence-electron chi connectivity index (χ1n) is 8.01. The molecular weight excluding hydrogens is 282 g/mol. The first-order valence-corrected chi connectivity index (χ1v) is 8.01. The lowest BCUT2D eigenvalue weighted by atomic mass is 9.96. The van der Waals surface area contributed by atoms with Crippen LogP contribution in [0.5, 0.6) is 11.5 Å². The average molecular weight is 303 g/mol. The Morgan fingerprint density at radius 1 is 1.23 bits per heavy atom. The molecule has 4 rings (SSSR count). The number of carbonyl (C=O) groups is 1. The molecule has 5 nitrogen and oxygen atoms in total. The van der Waals surface area contributed by atoms with E-state index in [9.17, 15) is 4.79 Å². The lowest BCUT2D eigenvalue weighted by Crippen LogP contribution is -2.38. The van der Waals surface area contributed by atoms with Crippen LogP contribution >= 0.6 is 0 Å². The zero-order valence-corrected chi connectivity index (χ0v) is 12.5. The molecule has 5 heteroatoms. The predicted molar refractivity (Wildman–Crippen MR) is 80.0 cm³/mol. The molecule has 0 radical (unpaired) electrons. The molecule has 2 unspecified atom stereocenters. The van der Waals surface area contributed by atoms with Crippen molar-refractivity contribution >= 4 is 5.91 Å². The second-order valence-electron chi connectivity index (χ2n) is 6.50. The Hall–Kier alpha value is -1.75. The first-order chi connectivity index (χ1) is 10.8. The van der Waals surface area contributed by atoms with Crippen molar-refractivity contribution in [2.75, 3.05) is 19.8 Å². The van der Waals surface area contributed by atoms with Gasteiger partial charge < -0.3 is 19.5 Å². The Morgan fingerprint density at radius 2 is 2.00 bits per heavy atom.